The molecular formula is C11H10F4N2O3S. The van der Waals surface area contributed by atoms with Crippen molar-refractivity contribution in [2.45, 2.75) is 17.8 Å². The van der Waals surface area contributed by atoms with Gasteiger partial charge in [0, 0.05) is 13.0 Å². The fourth-order valence-corrected chi connectivity index (χ4v) is 2.88. The van der Waals surface area contributed by atoms with Crippen LogP contribution in [0.25, 0.3) is 0 Å². The number of nitrogens with zero attached hydrogens (tertiary/aromatic N) is 1. The number of primary sulfonamides is 1. The van der Waals surface area contributed by atoms with Gasteiger partial charge in [-0.3, -0.25) is 4.79 Å². The molecule has 1 heterocycles. The first-order valence-electron chi connectivity index (χ1n) is 5.69. The summed E-state index contributed by atoms with van der Waals surface area (Å²) in [4.78, 5) is 12.3. The Balaban J connectivity index is 2.49. The number of hydrogen-bond acceptors (Lipinski definition) is 3. The third-order valence-electron chi connectivity index (χ3n) is 3.12. The molecule has 1 aromatic rings. The number of carbonyl (C=O) groups is 1. The van der Waals surface area contributed by atoms with E-state index in [-0.39, 0.29) is 0 Å². The van der Waals surface area contributed by atoms with E-state index in [1.807, 2.05) is 0 Å². The number of hydrogen-bond donors (Lipinski definition) is 1. The van der Waals surface area contributed by atoms with E-state index in [9.17, 15) is 30.8 Å². The third-order valence-corrected chi connectivity index (χ3v) is 4.37. The summed E-state index contributed by atoms with van der Waals surface area (Å²) < 4.78 is 74.6. The molecule has 0 spiro atoms. The number of amides is 1. The lowest BCUT2D eigenvalue weighted by atomic mass is 10.1. The molecular weight excluding hydrogens is 316 g/mol. The largest absolute Gasteiger partial charge is 0.421 e. The molecule has 1 amide bonds. The van der Waals surface area contributed by atoms with Crippen molar-refractivity contribution in [2.24, 2.45) is 5.14 Å². The van der Waals surface area contributed by atoms with Crippen LogP contribution >= 0.6 is 0 Å². The molecule has 1 aromatic carbocycles. The second-order valence-corrected chi connectivity index (χ2v) is 6.40. The smallest absolute Gasteiger partial charge is 0.310 e. The van der Waals surface area contributed by atoms with Gasteiger partial charge in [-0.15, -0.1) is 0 Å². The van der Waals surface area contributed by atoms with Gasteiger partial charge in [-0.25, -0.2) is 17.9 Å². The van der Waals surface area contributed by atoms with E-state index in [0.717, 1.165) is 12.1 Å². The maximum atomic E-state index is 13.5. The molecule has 1 aliphatic heterocycles. The van der Waals surface area contributed by atoms with Crippen molar-refractivity contribution in [3.63, 3.8) is 0 Å². The van der Waals surface area contributed by atoms with Gasteiger partial charge in [0.05, 0.1) is 5.69 Å². The van der Waals surface area contributed by atoms with Gasteiger partial charge in [-0.05, 0) is 12.1 Å². The highest BCUT2D eigenvalue weighted by Gasteiger charge is 2.43. The Bertz CT molecular complexity index is 687. The minimum absolute atomic E-state index is 0.535. The van der Waals surface area contributed by atoms with E-state index in [1.165, 1.54) is 0 Å². The van der Waals surface area contributed by atoms with E-state index >= 15 is 0 Å². The van der Waals surface area contributed by atoms with Gasteiger partial charge in [0.15, 0.2) is 0 Å². The summed E-state index contributed by atoms with van der Waals surface area (Å²) in [7, 11) is -4.07. The topological polar surface area (TPSA) is 80.5 Å². The average Bonchev–Trinajstić information content (AvgIpc) is 2.69. The number of nitrogens with two attached hydrogens (primary N) is 1. The Labute approximate surface area is 117 Å². The lowest BCUT2D eigenvalue weighted by Gasteiger charge is -2.21. The summed E-state index contributed by atoms with van der Waals surface area (Å²) in [5.74, 6) is -2.39. The fourth-order valence-electron chi connectivity index (χ4n) is 2.15. The molecule has 21 heavy (non-hydrogen) atoms. The number of anilines is 1. The first-order valence-corrected chi connectivity index (χ1v) is 7.30. The van der Waals surface area contributed by atoms with Gasteiger partial charge in [0.2, 0.25) is 15.9 Å². The maximum Gasteiger partial charge on any atom is 0.421 e. The van der Waals surface area contributed by atoms with Gasteiger partial charge in [-0.2, -0.15) is 13.2 Å². The van der Waals surface area contributed by atoms with E-state index in [2.05, 4.69) is 0 Å². The van der Waals surface area contributed by atoms with Crippen molar-refractivity contribution < 1.29 is 30.8 Å². The normalized spacial score (nSPS) is 20.1. The van der Waals surface area contributed by atoms with Crippen LogP contribution in [-0.2, 0) is 21.0 Å². The van der Waals surface area contributed by atoms with Crippen molar-refractivity contribution in [2.75, 3.05) is 11.4 Å². The molecule has 1 saturated heterocycles. The van der Waals surface area contributed by atoms with Gasteiger partial charge < -0.3 is 4.90 Å². The molecule has 0 aliphatic carbocycles. The summed E-state index contributed by atoms with van der Waals surface area (Å²) in [5, 5.41) is 3.58. The second-order valence-electron chi connectivity index (χ2n) is 4.55. The predicted octanol–water partition coefficient (Wildman–Crippen LogP) is 1.24. The van der Waals surface area contributed by atoms with E-state index in [0.29, 0.717) is 11.0 Å². The van der Waals surface area contributed by atoms with Gasteiger partial charge >= 0.3 is 6.18 Å². The van der Waals surface area contributed by atoms with E-state index < -0.39 is 57.4 Å². The van der Waals surface area contributed by atoms with Crippen molar-refractivity contribution in [1.29, 1.82) is 0 Å². The van der Waals surface area contributed by atoms with Crippen LogP contribution in [0.5, 0.6) is 0 Å². The van der Waals surface area contributed by atoms with Crippen LogP contribution < -0.4 is 10.0 Å². The molecule has 0 bridgehead atoms. The zero-order valence-electron chi connectivity index (χ0n) is 10.4. The summed E-state index contributed by atoms with van der Waals surface area (Å²) in [5.41, 5.74) is -2.31. The van der Waals surface area contributed by atoms with Crippen LogP contribution in [-0.4, -0.2) is 26.1 Å². The highest BCUT2D eigenvalue weighted by Crippen LogP contribution is 2.39. The molecule has 0 saturated carbocycles. The Kier molecular flexibility index (Phi) is 3.70. The monoisotopic (exact) mass is 326 g/mol. The van der Waals surface area contributed by atoms with Gasteiger partial charge in [-0.1, -0.05) is 6.07 Å². The lowest BCUT2D eigenvalue weighted by Crippen LogP contribution is -2.33. The standard InChI is InChI=1S/C11H10F4N2O3S/c12-7-2-1-3-8(10(7)11(13,14)15)17-5-6(4-9(17)18)21(16,19)20/h1-3,6H,4-5H2,(H2,16,19,20). The van der Waals surface area contributed by atoms with Crippen LogP contribution in [0.2, 0.25) is 0 Å². The zero-order chi connectivity index (χ0) is 16.0. The molecule has 0 radical (unpaired) electrons. The first-order chi connectivity index (χ1) is 9.51. The van der Waals surface area contributed by atoms with E-state index in [4.69, 9.17) is 5.14 Å². The second kappa shape index (κ2) is 4.95. The molecule has 5 nitrogen and oxygen atoms in total. The van der Waals surface area contributed by atoms with Crippen molar-refractivity contribution in [3.05, 3.63) is 29.6 Å². The summed E-state index contributed by atoms with van der Waals surface area (Å²) in [6.07, 6.45) is -5.55. The molecule has 1 aliphatic rings. The number of carbonyl (C=O) groups excluding carboxylic acids is 1. The van der Waals surface area contributed by atoms with Crippen LogP contribution in [0.3, 0.4) is 0 Å². The first kappa shape index (κ1) is 15.7. The van der Waals surface area contributed by atoms with Crippen molar-refractivity contribution in [1.82, 2.24) is 0 Å². The Morgan fingerprint density at radius 3 is 2.38 bits per heavy atom. The molecule has 2 N–H and O–H groups in total. The summed E-state index contributed by atoms with van der Waals surface area (Å²) in [6.45, 7) is -0.537. The summed E-state index contributed by atoms with van der Waals surface area (Å²) in [6, 6.07) is 2.54. The maximum absolute atomic E-state index is 13.5. The highest BCUT2D eigenvalue weighted by molar-refractivity contribution is 7.89. The predicted molar refractivity (Wildman–Crippen MR) is 65.3 cm³/mol. The zero-order valence-corrected chi connectivity index (χ0v) is 11.2. The van der Waals surface area contributed by atoms with Crippen molar-refractivity contribution in [3.8, 4) is 0 Å². The number of halogens is 4. The molecule has 1 atom stereocenters. The van der Waals surface area contributed by atoms with Gasteiger partial charge in [0.1, 0.15) is 16.6 Å². The highest BCUT2D eigenvalue weighted by atomic mass is 32.2. The molecule has 116 valence electrons. The Hall–Kier alpha value is -1.68. The van der Waals surface area contributed by atoms with Crippen molar-refractivity contribution >= 4 is 21.6 Å². The lowest BCUT2D eigenvalue weighted by molar-refractivity contribution is -0.139. The summed E-state index contributed by atoms with van der Waals surface area (Å²) >= 11 is 0. The van der Waals surface area contributed by atoms with Crippen LogP contribution in [0.4, 0.5) is 23.2 Å². The molecule has 1 fully saturated rings. The SMILES string of the molecule is NS(=O)(=O)C1CC(=O)N(c2cccc(F)c2C(F)(F)F)C1. The fraction of sp³-hybridized carbons (Fsp3) is 0.364. The number of sulfonamides is 1. The van der Waals surface area contributed by atoms with Crippen LogP contribution in [0, 0.1) is 5.82 Å². The molecule has 10 heteroatoms. The number of alkyl halides is 3. The number of benzene rings is 1. The molecule has 1 unspecified atom stereocenters. The molecule has 2 rings (SSSR count). The molecule has 0 aromatic heterocycles. The van der Waals surface area contributed by atoms with Crippen LogP contribution in [0.1, 0.15) is 12.0 Å². The van der Waals surface area contributed by atoms with Gasteiger partial charge in [0.25, 0.3) is 0 Å². The minimum atomic E-state index is -5.01. The Morgan fingerprint density at radius 2 is 1.90 bits per heavy atom. The Morgan fingerprint density at radius 1 is 1.29 bits per heavy atom. The number of rotatable bonds is 2. The van der Waals surface area contributed by atoms with Crippen LogP contribution in [0.15, 0.2) is 18.2 Å². The minimum Gasteiger partial charge on any atom is -0.310 e. The average molecular weight is 326 g/mol. The quantitative estimate of drug-likeness (QED) is 0.830. The van der Waals surface area contributed by atoms with E-state index in [1.54, 1.807) is 0 Å². The third kappa shape index (κ3) is 3.00.